The van der Waals surface area contributed by atoms with Crippen LogP contribution in [0.15, 0.2) is 48.5 Å². The summed E-state index contributed by atoms with van der Waals surface area (Å²) in [5.41, 5.74) is 1.65. The Morgan fingerprint density at radius 1 is 1.14 bits per heavy atom. The highest BCUT2D eigenvalue weighted by Crippen LogP contribution is 2.17. The van der Waals surface area contributed by atoms with E-state index in [2.05, 4.69) is 5.32 Å². The Labute approximate surface area is 134 Å². The minimum atomic E-state index is -0.313. The monoisotopic (exact) mass is 317 g/mol. The summed E-state index contributed by atoms with van der Waals surface area (Å²) in [6.07, 6.45) is 0.844. The average molecular weight is 318 g/mol. The molecule has 0 aliphatic rings. The first-order chi connectivity index (χ1) is 10.5. The molecule has 0 atom stereocenters. The van der Waals surface area contributed by atoms with Gasteiger partial charge in [0, 0.05) is 24.1 Å². The van der Waals surface area contributed by atoms with Gasteiger partial charge in [-0.1, -0.05) is 23.7 Å². The molecular weight excluding hydrogens is 302 g/mol. The van der Waals surface area contributed by atoms with Gasteiger partial charge in [-0.25, -0.2) is 0 Å². The number of rotatable bonds is 5. The third-order valence-corrected chi connectivity index (χ3v) is 3.15. The van der Waals surface area contributed by atoms with Gasteiger partial charge in [-0.05, 0) is 48.4 Å². The highest BCUT2D eigenvalue weighted by Gasteiger charge is 2.06. The van der Waals surface area contributed by atoms with Crippen LogP contribution in [0.25, 0.3) is 0 Å². The van der Waals surface area contributed by atoms with E-state index in [-0.39, 0.29) is 18.3 Å². The number of hydrogen-bond donors (Lipinski definition) is 1. The molecule has 114 valence electrons. The summed E-state index contributed by atoms with van der Waals surface area (Å²) in [5.74, 6) is -0.0104. The molecule has 0 saturated heterocycles. The topological polar surface area (TPSA) is 55.4 Å². The average Bonchev–Trinajstić information content (AvgIpc) is 2.47. The van der Waals surface area contributed by atoms with Crippen molar-refractivity contribution in [3.8, 4) is 5.75 Å². The lowest BCUT2D eigenvalue weighted by Gasteiger charge is -2.06. The second-order valence-corrected chi connectivity index (χ2v) is 5.25. The first kappa shape index (κ1) is 16.0. The highest BCUT2D eigenvalue weighted by molar-refractivity contribution is 6.30. The second-order valence-electron chi connectivity index (χ2n) is 4.81. The lowest BCUT2D eigenvalue weighted by Crippen LogP contribution is -2.09. The van der Waals surface area contributed by atoms with Gasteiger partial charge in [-0.2, -0.15) is 0 Å². The smallest absolute Gasteiger partial charge is 0.311 e. The van der Waals surface area contributed by atoms with Crippen LogP contribution in [0.2, 0.25) is 5.02 Å². The molecule has 5 heteroatoms. The van der Waals surface area contributed by atoms with Crippen molar-refractivity contribution < 1.29 is 14.3 Å². The number of halogens is 1. The van der Waals surface area contributed by atoms with Crippen molar-refractivity contribution >= 4 is 29.2 Å². The normalized spacial score (nSPS) is 10.1. The summed E-state index contributed by atoms with van der Waals surface area (Å²) in [6.45, 7) is 1.43. The van der Waals surface area contributed by atoms with Crippen molar-refractivity contribution in [2.75, 3.05) is 5.32 Å². The summed E-state index contributed by atoms with van der Waals surface area (Å²) in [4.78, 5) is 22.7. The Kier molecular flexibility index (Phi) is 5.55. The number of hydrogen-bond acceptors (Lipinski definition) is 3. The first-order valence-electron chi connectivity index (χ1n) is 6.86. The number of ether oxygens (including phenoxy) is 1. The number of carbonyl (C=O) groups excluding carboxylic acids is 2. The van der Waals surface area contributed by atoms with Crippen molar-refractivity contribution in [1.29, 1.82) is 0 Å². The Bertz CT molecular complexity index is 668. The lowest BCUT2D eigenvalue weighted by atomic mass is 10.1. The van der Waals surface area contributed by atoms with Crippen molar-refractivity contribution in [3.05, 3.63) is 59.1 Å². The molecule has 1 N–H and O–H groups in total. The number of anilines is 1. The molecule has 0 saturated carbocycles. The van der Waals surface area contributed by atoms with Gasteiger partial charge in [-0.15, -0.1) is 0 Å². The number of aryl methyl sites for hydroxylation is 1. The van der Waals surface area contributed by atoms with E-state index in [1.54, 1.807) is 30.3 Å². The molecule has 0 radical (unpaired) electrons. The van der Waals surface area contributed by atoms with E-state index in [0.29, 0.717) is 22.9 Å². The fraction of sp³-hybridized carbons (Fsp3) is 0.176. The summed E-state index contributed by atoms with van der Waals surface area (Å²) < 4.78 is 5.24. The Hall–Kier alpha value is -2.33. The Balaban J connectivity index is 1.85. The summed E-state index contributed by atoms with van der Waals surface area (Å²) in [5, 5.41) is 3.30. The van der Waals surface area contributed by atoms with E-state index in [0.717, 1.165) is 5.56 Å². The predicted molar refractivity (Wildman–Crippen MR) is 86.2 cm³/mol. The van der Waals surface area contributed by atoms with Crippen LogP contribution in [-0.4, -0.2) is 11.9 Å². The molecule has 0 aliphatic carbocycles. The van der Waals surface area contributed by atoms with E-state index >= 15 is 0 Å². The number of esters is 1. The number of amides is 1. The van der Waals surface area contributed by atoms with Crippen molar-refractivity contribution in [1.82, 2.24) is 0 Å². The summed E-state index contributed by atoms with van der Waals surface area (Å²) >= 11 is 5.89. The van der Waals surface area contributed by atoms with Crippen LogP contribution in [0, 0.1) is 0 Å². The predicted octanol–water partition coefficient (Wildman–Crippen LogP) is 3.84. The standard InChI is InChI=1S/C17H16ClNO3/c1-12(20)19-15-6-8-16(9-7-15)22-17(21)10-5-13-3-2-4-14(18)11-13/h2-4,6-9,11H,5,10H2,1H3,(H,19,20). The minimum absolute atomic E-state index is 0.147. The molecule has 2 rings (SSSR count). The van der Waals surface area contributed by atoms with Crippen molar-refractivity contribution in [2.45, 2.75) is 19.8 Å². The van der Waals surface area contributed by atoms with E-state index in [9.17, 15) is 9.59 Å². The van der Waals surface area contributed by atoms with Gasteiger partial charge >= 0.3 is 5.97 Å². The third-order valence-electron chi connectivity index (χ3n) is 2.91. The zero-order chi connectivity index (χ0) is 15.9. The van der Waals surface area contributed by atoms with Gasteiger partial charge in [0.1, 0.15) is 5.75 Å². The molecule has 22 heavy (non-hydrogen) atoms. The Morgan fingerprint density at radius 3 is 2.50 bits per heavy atom. The summed E-state index contributed by atoms with van der Waals surface area (Å²) in [7, 11) is 0. The lowest BCUT2D eigenvalue weighted by molar-refractivity contribution is -0.134. The van der Waals surface area contributed by atoms with Crippen molar-refractivity contribution in [2.24, 2.45) is 0 Å². The maximum atomic E-state index is 11.8. The number of carbonyl (C=O) groups is 2. The molecular formula is C17H16ClNO3. The van der Waals surface area contributed by atoms with Gasteiger partial charge in [-0.3, -0.25) is 9.59 Å². The van der Waals surface area contributed by atoms with Gasteiger partial charge < -0.3 is 10.1 Å². The van der Waals surface area contributed by atoms with Crippen LogP contribution >= 0.6 is 11.6 Å². The van der Waals surface area contributed by atoms with Gasteiger partial charge in [0.2, 0.25) is 5.91 Å². The number of nitrogens with one attached hydrogen (secondary N) is 1. The minimum Gasteiger partial charge on any atom is -0.427 e. The van der Waals surface area contributed by atoms with E-state index in [1.807, 2.05) is 18.2 Å². The number of benzene rings is 2. The van der Waals surface area contributed by atoms with Crippen LogP contribution in [0.4, 0.5) is 5.69 Å². The van der Waals surface area contributed by atoms with Crippen LogP contribution < -0.4 is 10.1 Å². The molecule has 0 fully saturated rings. The first-order valence-corrected chi connectivity index (χ1v) is 7.23. The largest absolute Gasteiger partial charge is 0.427 e. The molecule has 2 aromatic rings. The fourth-order valence-corrected chi connectivity index (χ4v) is 2.14. The van der Waals surface area contributed by atoms with Crippen LogP contribution in [0.3, 0.4) is 0 Å². The van der Waals surface area contributed by atoms with E-state index in [1.165, 1.54) is 6.92 Å². The van der Waals surface area contributed by atoms with Crippen LogP contribution in [0.5, 0.6) is 5.75 Å². The third kappa shape index (κ3) is 5.22. The molecule has 1 amide bonds. The van der Waals surface area contributed by atoms with Crippen molar-refractivity contribution in [3.63, 3.8) is 0 Å². The molecule has 0 spiro atoms. The summed E-state index contributed by atoms with van der Waals surface area (Å²) in [6, 6.07) is 14.0. The molecule has 2 aromatic carbocycles. The highest BCUT2D eigenvalue weighted by atomic mass is 35.5. The molecule has 0 bridgehead atoms. The maximum Gasteiger partial charge on any atom is 0.311 e. The second kappa shape index (κ2) is 7.61. The van der Waals surface area contributed by atoms with E-state index < -0.39 is 0 Å². The van der Waals surface area contributed by atoms with Crippen LogP contribution in [-0.2, 0) is 16.0 Å². The Morgan fingerprint density at radius 2 is 1.86 bits per heavy atom. The zero-order valence-corrected chi connectivity index (χ0v) is 12.9. The molecule has 4 nitrogen and oxygen atoms in total. The van der Waals surface area contributed by atoms with Crippen LogP contribution in [0.1, 0.15) is 18.9 Å². The maximum absolute atomic E-state index is 11.8. The zero-order valence-electron chi connectivity index (χ0n) is 12.1. The van der Waals surface area contributed by atoms with Gasteiger partial charge in [0.15, 0.2) is 0 Å². The van der Waals surface area contributed by atoms with Gasteiger partial charge in [0.25, 0.3) is 0 Å². The van der Waals surface area contributed by atoms with Gasteiger partial charge in [0.05, 0.1) is 0 Å². The quantitative estimate of drug-likeness (QED) is 0.673. The van der Waals surface area contributed by atoms with E-state index in [4.69, 9.17) is 16.3 Å². The fourth-order valence-electron chi connectivity index (χ4n) is 1.93. The molecule has 0 heterocycles. The molecule has 0 aromatic heterocycles. The molecule has 0 unspecified atom stereocenters. The SMILES string of the molecule is CC(=O)Nc1ccc(OC(=O)CCc2cccc(Cl)c2)cc1. The molecule has 0 aliphatic heterocycles.